The van der Waals surface area contributed by atoms with Crippen LogP contribution in [0.4, 0.5) is 0 Å². The van der Waals surface area contributed by atoms with Crippen LogP contribution in [-0.2, 0) is 16.1 Å². The van der Waals surface area contributed by atoms with Crippen LogP contribution in [0.3, 0.4) is 0 Å². The van der Waals surface area contributed by atoms with Crippen LogP contribution in [0.5, 0.6) is 0 Å². The number of likely N-dealkylation sites (tertiary alicyclic amines) is 1. The Balaban J connectivity index is 2.10. The van der Waals surface area contributed by atoms with E-state index in [4.69, 9.17) is 9.26 Å². The molecule has 2 rings (SSSR count). The molecule has 0 saturated carbocycles. The number of aromatic nitrogens is 1. The minimum absolute atomic E-state index is 0.117. The smallest absolute Gasteiger partial charge is 0.323 e. The van der Waals surface area contributed by atoms with Gasteiger partial charge in [0.1, 0.15) is 11.8 Å². The van der Waals surface area contributed by atoms with E-state index in [0.717, 1.165) is 36.4 Å². The summed E-state index contributed by atoms with van der Waals surface area (Å²) in [6.45, 7) is 5.46. The van der Waals surface area contributed by atoms with E-state index in [0.29, 0.717) is 6.54 Å². The van der Waals surface area contributed by atoms with Crippen LogP contribution in [0.25, 0.3) is 0 Å². The lowest BCUT2D eigenvalue weighted by Crippen LogP contribution is -2.36. The molecular weight excluding hydrogens is 220 g/mol. The first-order chi connectivity index (χ1) is 8.13. The van der Waals surface area contributed by atoms with Crippen molar-refractivity contribution in [3.63, 3.8) is 0 Å². The topological polar surface area (TPSA) is 55.6 Å². The maximum Gasteiger partial charge on any atom is 0.323 e. The predicted octanol–water partition coefficient (Wildman–Crippen LogP) is 1.43. The summed E-state index contributed by atoms with van der Waals surface area (Å²) in [4.78, 5) is 13.8. The van der Waals surface area contributed by atoms with Crippen LogP contribution in [0.1, 0.15) is 29.9 Å². The Morgan fingerprint density at radius 2 is 2.35 bits per heavy atom. The first-order valence-electron chi connectivity index (χ1n) is 5.87. The molecule has 0 bridgehead atoms. The van der Waals surface area contributed by atoms with Crippen molar-refractivity contribution in [2.24, 2.45) is 0 Å². The van der Waals surface area contributed by atoms with Crippen molar-refractivity contribution in [2.75, 3.05) is 13.7 Å². The van der Waals surface area contributed by atoms with Crippen LogP contribution >= 0.6 is 0 Å². The Morgan fingerprint density at radius 1 is 1.59 bits per heavy atom. The summed E-state index contributed by atoms with van der Waals surface area (Å²) in [6, 6.07) is -0.117. The first kappa shape index (κ1) is 12.1. The van der Waals surface area contributed by atoms with E-state index in [1.807, 2.05) is 13.8 Å². The third-order valence-electron chi connectivity index (χ3n) is 3.38. The number of hydrogen-bond donors (Lipinski definition) is 0. The highest BCUT2D eigenvalue weighted by atomic mass is 16.5. The van der Waals surface area contributed by atoms with Crippen LogP contribution in [0, 0.1) is 13.8 Å². The van der Waals surface area contributed by atoms with E-state index in [2.05, 4.69) is 10.1 Å². The van der Waals surface area contributed by atoms with Gasteiger partial charge in [0.15, 0.2) is 0 Å². The molecule has 0 amide bonds. The standard InChI is InChI=1S/C12H18N2O3/c1-8-10(9(2)17-13-8)7-14-6-4-5-11(14)12(15)16-3/h11H,4-7H2,1-3H3. The summed E-state index contributed by atoms with van der Waals surface area (Å²) in [5.41, 5.74) is 1.99. The molecule has 1 unspecified atom stereocenters. The van der Waals surface area contributed by atoms with Crippen LogP contribution in [0.15, 0.2) is 4.52 Å². The maximum absolute atomic E-state index is 11.6. The Bertz CT molecular complexity index is 394. The number of hydrogen-bond acceptors (Lipinski definition) is 5. The fourth-order valence-corrected chi connectivity index (χ4v) is 2.35. The van der Waals surface area contributed by atoms with Gasteiger partial charge in [0.25, 0.3) is 0 Å². The van der Waals surface area contributed by atoms with Crippen LogP contribution < -0.4 is 0 Å². The van der Waals surface area contributed by atoms with Crippen molar-refractivity contribution in [3.8, 4) is 0 Å². The molecular formula is C12H18N2O3. The number of methoxy groups -OCH3 is 1. The first-order valence-corrected chi connectivity index (χ1v) is 5.87. The molecule has 0 radical (unpaired) electrons. The summed E-state index contributed by atoms with van der Waals surface area (Å²) in [5.74, 6) is 0.687. The lowest BCUT2D eigenvalue weighted by molar-refractivity contribution is -0.146. The zero-order valence-electron chi connectivity index (χ0n) is 10.5. The lowest BCUT2D eigenvalue weighted by Gasteiger charge is -2.21. The third kappa shape index (κ3) is 2.34. The highest BCUT2D eigenvalue weighted by Crippen LogP contribution is 2.23. The lowest BCUT2D eigenvalue weighted by atomic mass is 10.1. The van der Waals surface area contributed by atoms with Gasteiger partial charge in [-0.15, -0.1) is 0 Å². The molecule has 1 saturated heterocycles. The Morgan fingerprint density at radius 3 is 2.94 bits per heavy atom. The number of nitrogens with zero attached hydrogens (tertiary/aromatic N) is 2. The van der Waals surface area contributed by atoms with Crippen molar-refractivity contribution in [1.82, 2.24) is 10.1 Å². The molecule has 1 aromatic rings. The highest BCUT2D eigenvalue weighted by molar-refractivity contribution is 5.75. The number of esters is 1. The van der Waals surface area contributed by atoms with Crippen molar-refractivity contribution in [3.05, 3.63) is 17.0 Å². The molecule has 1 aromatic heterocycles. The van der Waals surface area contributed by atoms with Gasteiger partial charge in [-0.05, 0) is 33.2 Å². The molecule has 1 fully saturated rings. The molecule has 17 heavy (non-hydrogen) atoms. The molecule has 0 aliphatic carbocycles. The Hall–Kier alpha value is -1.36. The summed E-state index contributed by atoms with van der Waals surface area (Å²) in [6.07, 6.45) is 1.90. The number of carbonyl (C=O) groups is 1. The minimum Gasteiger partial charge on any atom is -0.468 e. The molecule has 1 aliphatic rings. The van der Waals surface area contributed by atoms with Crippen molar-refractivity contribution in [2.45, 2.75) is 39.3 Å². The second kappa shape index (κ2) is 4.87. The maximum atomic E-state index is 11.6. The van der Waals surface area contributed by atoms with E-state index in [9.17, 15) is 4.79 Å². The van der Waals surface area contributed by atoms with Gasteiger partial charge in [0.2, 0.25) is 0 Å². The van der Waals surface area contributed by atoms with Gasteiger partial charge in [-0.25, -0.2) is 0 Å². The van der Waals surface area contributed by atoms with Crippen LogP contribution in [0.2, 0.25) is 0 Å². The van der Waals surface area contributed by atoms with Crippen molar-refractivity contribution < 1.29 is 14.1 Å². The fraction of sp³-hybridized carbons (Fsp3) is 0.667. The molecule has 0 spiro atoms. The molecule has 1 aliphatic heterocycles. The van der Waals surface area contributed by atoms with E-state index in [1.54, 1.807) is 0 Å². The largest absolute Gasteiger partial charge is 0.468 e. The quantitative estimate of drug-likeness (QED) is 0.746. The van der Waals surface area contributed by atoms with Crippen LogP contribution in [-0.4, -0.2) is 35.7 Å². The van der Waals surface area contributed by atoms with Gasteiger partial charge in [-0.1, -0.05) is 5.16 Å². The fourth-order valence-electron chi connectivity index (χ4n) is 2.35. The van der Waals surface area contributed by atoms with E-state index in [-0.39, 0.29) is 12.0 Å². The average Bonchev–Trinajstić information content (AvgIpc) is 2.90. The van der Waals surface area contributed by atoms with E-state index >= 15 is 0 Å². The second-order valence-corrected chi connectivity index (χ2v) is 4.45. The van der Waals surface area contributed by atoms with E-state index in [1.165, 1.54) is 7.11 Å². The van der Waals surface area contributed by atoms with Gasteiger partial charge < -0.3 is 9.26 Å². The summed E-state index contributed by atoms with van der Waals surface area (Å²) in [5, 5.41) is 3.93. The monoisotopic (exact) mass is 238 g/mol. The van der Waals surface area contributed by atoms with Gasteiger partial charge in [-0.2, -0.15) is 0 Å². The molecule has 5 heteroatoms. The minimum atomic E-state index is -0.144. The summed E-state index contributed by atoms with van der Waals surface area (Å²) in [7, 11) is 1.44. The van der Waals surface area contributed by atoms with Gasteiger partial charge in [0.05, 0.1) is 12.8 Å². The third-order valence-corrected chi connectivity index (χ3v) is 3.38. The molecule has 5 nitrogen and oxygen atoms in total. The van der Waals surface area contributed by atoms with Gasteiger partial charge in [0, 0.05) is 12.1 Å². The predicted molar refractivity (Wildman–Crippen MR) is 61.4 cm³/mol. The molecule has 94 valence electrons. The zero-order valence-corrected chi connectivity index (χ0v) is 10.5. The van der Waals surface area contributed by atoms with Gasteiger partial charge in [-0.3, -0.25) is 9.69 Å². The highest BCUT2D eigenvalue weighted by Gasteiger charge is 2.32. The normalized spacial score (nSPS) is 20.8. The molecule has 2 heterocycles. The van der Waals surface area contributed by atoms with Gasteiger partial charge >= 0.3 is 5.97 Å². The van der Waals surface area contributed by atoms with Crippen molar-refractivity contribution in [1.29, 1.82) is 0 Å². The number of ether oxygens (including phenoxy) is 1. The molecule has 0 N–H and O–H groups in total. The molecule has 0 aromatic carbocycles. The summed E-state index contributed by atoms with van der Waals surface area (Å²) < 4.78 is 9.96. The SMILES string of the molecule is COC(=O)C1CCCN1Cc1c(C)noc1C. The average molecular weight is 238 g/mol. The Kier molecular flexibility index (Phi) is 3.47. The van der Waals surface area contributed by atoms with Crippen molar-refractivity contribution >= 4 is 5.97 Å². The van der Waals surface area contributed by atoms with E-state index < -0.39 is 0 Å². The Labute approximate surface area is 101 Å². The number of aryl methyl sites for hydroxylation is 2. The zero-order chi connectivity index (χ0) is 12.4. The number of rotatable bonds is 3. The number of carbonyl (C=O) groups excluding carboxylic acids is 1. The molecule has 1 atom stereocenters. The summed E-state index contributed by atoms with van der Waals surface area (Å²) >= 11 is 0. The second-order valence-electron chi connectivity index (χ2n) is 4.45.